The van der Waals surface area contributed by atoms with Crippen molar-refractivity contribution in [3.63, 3.8) is 0 Å². The number of hydrogen-bond donors (Lipinski definition) is 0. The van der Waals surface area contributed by atoms with E-state index in [2.05, 4.69) is 173 Å². The van der Waals surface area contributed by atoms with Gasteiger partial charge < -0.3 is 0 Å². The van der Waals surface area contributed by atoms with E-state index in [-0.39, 0.29) is 0 Å². The van der Waals surface area contributed by atoms with Gasteiger partial charge in [-0.3, -0.25) is 0 Å². The maximum absolute atomic E-state index is 2.40. The summed E-state index contributed by atoms with van der Waals surface area (Å²) in [5.41, 5.74) is 9.61. The van der Waals surface area contributed by atoms with Crippen molar-refractivity contribution in [3.05, 3.63) is 142 Å². The summed E-state index contributed by atoms with van der Waals surface area (Å²) in [5.74, 6) is 0.531. The molecule has 0 radical (unpaired) electrons. The van der Waals surface area contributed by atoms with Gasteiger partial charge in [0.1, 0.15) is 0 Å². The average Bonchev–Trinajstić information content (AvgIpc) is 2.85. The molecule has 0 fully saturated rings. The fraction of sp³-hybridized carbons (Fsp3) is 0.400. The molecular formula is C40H56. The van der Waals surface area contributed by atoms with Crippen LogP contribution in [0, 0.1) is 11.3 Å². The normalized spacial score (nSPS) is 20.1. The molecule has 0 aromatic rings. The second kappa shape index (κ2) is 19.0. The third-order valence-electron chi connectivity index (χ3n) is 7.24. The molecular weight excluding hydrogens is 480 g/mol. The third-order valence-corrected chi connectivity index (χ3v) is 7.24. The first-order valence-corrected chi connectivity index (χ1v) is 14.9. The Balaban J connectivity index is 2.57. The lowest BCUT2D eigenvalue weighted by Gasteiger charge is -2.36. The lowest BCUT2D eigenvalue weighted by molar-refractivity contribution is 0.255. The molecule has 0 saturated heterocycles. The SMILES string of the molecule is CC(C)=CCC/C(C)=C/C=C/C(C)=C\C=C/C(C)=C/C=C/C=C(C)/C=C/C=C(\C)C=C[C@H]1C(C)=CCCC1(C)C. The van der Waals surface area contributed by atoms with Crippen LogP contribution in [0.25, 0.3) is 0 Å². The van der Waals surface area contributed by atoms with Crippen LogP contribution in [0.2, 0.25) is 0 Å². The predicted molar refractivity (Wildman–Crippen MR) is 183 cm³/mol. The summed E-state index contributed by atoms with van der Waals surface area (Å²) < 4.78 is 0. The van der Waals surface area contributed by atoms with Gasteiger partial charge in [0, 0.05) is 5.92 Å². The smallest absolute Gasteiger partial charge is 0.00285 e. The Morgan fingerprint density at radius 2 is 1.18 bits per heavy atom. The van der Waals surface area contributed by atoms with Crippen LogP contribution in [0.5, 0.6) is 0 Å². The topological polar surface area (TPSA) is 0 Å². The second-order valence-electron chi connectivity index (χ2n) is 12.3. The van der Waals surface area contributed by atoms with Crippen LogP contribution >= 0.6 is 0 Å². The van der Waals surface area contributed by atoms with E-state index >= 15 is 0 Å². The summed E-state index contributed by atoms with van der Waals surface area (Å²) >= 11 is 0. The molecule has 1 atom stereocenters. The van der Waals surface area contributed by atoms with Gasteiger partial charge >= 0.3 is 0 Å². The quantitative estimate of drug-likeness (QED) is 0.162. The molecule has 0 N–H and O–H groups in total. The zero-order valence-corrected chi connectivity index (χ0v) is 27.2. The molecule has 1 rings (SSSR count). The lowest BCUT2D eigenvalue weighted by Crippen LogP contribution is -2.26. The highest BCUT2D eigenvalue weighted by atomic mass is 14.3. The van der Waals surface area contributed by atoms with E-state index in [1.165, 1.54) is 51.9 Å². The Hall–Kier alpha value is -3.12. The van der Waals surface area contributed by atoms with Crippen molar-refractivity contribution in [2.24, 2.45) is 11.3 Å². The van der Waals surface area contributed by atoms with Crippen molar-refractivity contribution in [1.82, 2.24) is 0 Å². The average molecular weight is 537 g/mol. The van der Waals surface area contributed by atoms with E-state index in [1.807, 2.05) is 0 Å². The number of allylic oxidation sites excluding steroid dienone is 24. The highest BCUT2D eigenvalue weighted by Gasteiger charge is 2.30. The highest BCUT2D eigenvalue weighted by Crippen LogP contribution is 2.41. The van der Waals surface area contributed by atoms with E-state index in [4.69, 9.17) is 0 Å². The van der Waals surface area contributed by atoms with Crippen molar-refractivity contribution < 1.29 is 0 Å². The van der Waals surface area contributed by atoms with Gasteiger partial charge in [0.25, 0.3) is 0 Å². The summed E-state index contributed by atoms with van der Waals surface area (Å²) in [6, 6.07) is 0. The zero-order valence-electron chi connectivity index (χ0n) is 27.2. The first kappa shape index (κ1) is 34.9. The van der Waals surface area contributed by atoms with Crippen LogP contribution in [-0.4, -0.2) is 0 Å². The van der Waals surface area contributed by atoms with Crippen molar-refractivity contribution >= 4 is 0 Å². The molecule has 0 bridgehead atoms. The molecule has 0 spiro atoms. The minimum absolute atomic E-state index is 0.342. The van der Waals surface area contributed by atoms with Crippen molar-refractivity contribution in [2.45, 2.75) is 94.9 Å². The second-order valence-corrected chi connectivity index (χ2v) is 12.3. The molecule has 0 amide bonds. The zero-order chi connectivity index (χ0) is 30.0. The predicted octanol–water partition coefficient (Wildman–Crippen LogP) is 12.6. The molecule has 216 valence electrons. The van der Waals surface area contributed by atoms with Gasteiger partial charge in [-0.25, -0.2) is 0 Å². The fourth-order valence-electron chi connectivity index (χ4n) is 4.61. The Morgan fingerprint density at radius 3 is 1.68 bits per heavy atom. The van der Waals surface area contributed by atoms with Crippen LogP contribution in [0.4, 0.5) is 0 Å². The fourth-order valence-corrected chi connectivity index (χ4v) is 4.61. The minimum Gasteiger partial charge on any atom is -0.0856 e. The summed E-state index contributed by atoms with van der Waals surface area (Å²) in [5, 5.41) is 0. The van der Waals surface area contributed by atoms with Gasteiger partial charge in [-0.05, 0) is 86.5 Å². The van der Waals surface area contributed by atoms with E-state index in [0.717, 1.165) is 12.8 Å². The van der Waals surface area contributed by atoms with Crippen molar-refractivity contribution in [1.29, 1.82) is 0 Å². The minimum atomic E-state index is 0.342. The molecule has 0 aliphatic heterocycles. The maximum Gasteiger partial charge on any atom is 0.00285 e. The first-order chi connectivity index (χ1) is 18.9. The van der Waals surface area contributed by atoms with Gasteiger partial charge in [-0.1, -0.05) is 156 Å². The van der Waals surface area contributed by atoms with E-state index in [0.29, 0.717) is 11.3 Å². The summed E-state index contributed by atoms with van der Waals surface area (Å²) in [4.78, 5) is 0. The summed E-state index contributed by atoms with van der Waals surface area (Å²) in [6.07, 6.45) is 42.0. The van der Waals surface area contributed by atoms with E-state index in [1.54, 1.807) is 0 Å². The summed E-state index contributed by atoms with van der Waals surface area (Å²) in [6.45, 7) is 22.1. The standard InChI is InChI=1S/C40H56/c1-32(2)18-13-21-35(5)24-15-26-36(6)25-14-22-33(3)19-11-12-20-34(4)23-16-27-37(7)29-30-39-38(8)28-17-31-40(39,9)10/h11-12,14-16,18-20,22-30,39H,13,17,21,31H2,1-10H3/b12-11+,22-14-,23-16+,26-15+,30-29?,33-19+,34-20+,35-24+,36-25-,37-27+/t39-/m0/s1. The van der Waals surface area contributed by atoms with Crippen molar-refractivity contribution in [2.75, 3.05) is 0 Å². The lowest BCUT2D eigenvalue weighted by atomic mass is 9.68. The van der Waals surface area contributed by atoms with Crippen LogP contribution < -0.4 is 0 Å². The molecule has 0 heteroatoms. The Labute approximate surface area is 248 Å². The van der Waals surface area contributed by atoms with Crippen LogP contribution in [0.15, 0.2) is 142 Å². The largest absolute Gasteiger partial charge is 0.0856 e. The highest BCUT2D eigenvalue weighted by molar-refractivity contribution is 5.33. The van der Waals surface area contributed by atoms with Gasteiger partial charge in [0.05, 0.1) is 0 Å². The number of rotatable bonds is 13. The molecule has 0 unspecified atom stereocenters. The number of hydrogen-bond acceptors (Lipinski definition) is 0. The Kier molecular flexibility index (Phi) is 16.6. The van der Waals surface area contributed by atoms with Crippen LogP contribution in [0.1, 0.15) is 94.9 Å². The molecule has 0 nitrogen and oxygen atoms in total. The molecule has 0 heterocycles. The van der Waals surface area contributed by atoms with Gasteiger partial charge in [-0.2, -0.15) is 0 Å². The maximum atomic E-state index is 2.40. The first-order valence-electron chi connectivity index (χ1n) is 14.9. The Morgan fingerprint density at radius 1 is 0.700 bits per heavy atom. The molecule has 1 aliphatic carbocycles. The van der Waals surface area contributed by atoms with Gasteiger partial charge in [0.2, 0.25) is 0 Å². The molecule has 0 aromatic heterocycles. The third kappa shape index (κ3) is 16.1. The molecule has 1 aliphatic rings. The molecule has 0 aromatic carbocycles. The molecule has 40 heavy (non-hydrogen) atoms. The van der Waals surface area contributed by atoms with Crippen LogP contribution in [-0.2, 0) is 0 Å². The van der Waals surface area contributed by atoms with E-state index in [9.17, 15) is 0 Å². The summed E-state index contributed by atoms with van der Waals surface area (Å²) in [7, 11) is 0. The van der Waals surface area contributed by atoms with Gasteiger partial charge in [-0.15, -0.1) is 0 Å². The molecule has 0 saturated carbocycles. The van der Waals surface area contributed by atoms with E-state index < -0.39 is 0 Å². The van der Waals surface area contributed by atoms with Crippen LogP contribution in [0.3, 0.4) is 0 Å². The Bertz CT molecular complexity index is 1160. The monoisotopic (exact) mass is 536 g/mol. The van der Waals surface area contributed by atoms with Gasteiger partial charge in [0.15, 0.2) is 0 Å². The van der Waals surface area contributed by atoms with Crippen molar-refractivity contribution in [3.8, 4) is 0 Å².